The largest absolute Gasteiger partial charge is 0.383 e. The van der Waals surface area contributed by atoms with E-state index in [-0.39, 0.29) is 10.9 Å². The lowest BCUT2D eigenvalue weighted by Gasteiger charge is -2.30. The van der Waals surface area contributed by atoms with E-state index in [2.05, 4.69) is 10.3 Å². The molecule has 0 radical (unpaired) electrons. The Kier molecular flexibility index (Phi) is 10.3. The summed E-state index contributed by atoms with van der Waals surface area (Å²) in [7, 11) is -3.88. The maximum Gasteiger partial charge on any atom is 0.322 e. The summed E-state index contributed by atoms with van der Waals surface area (Å²) in [5.74, 6) is 0.814. The Morgan fingerprint density at radius 1 is 1.02 bits per heavy atom. The first-order chi connectivity index (χ1) is 19.6. The van der Waals surface area contributed by atoms with Crippen LogP contribution in [0.25, 0.3) is 11.1 Å². The highest BCUT2D eigenvalue weighted by Crippen LogP contribution is 2.28. The van der Waals surface area contributed by atoms with Gasteiger partial charge in [-0.3, -0.25) is 0 Å². The summed E-state index contributed by atoms with van der Waals surface area (Å²) in [5.41, 5.74) is 9.72. The Morgan fingerprint density at radius 2 is 1.73 bits per heavy atom. The number of nitrogens with one attached hydrogen (secondary N) is 1. The van der Waals surface area contributed by atoms with Gasteiger partial charge in [0.25, 0.3) is 0 Å². The average molecular weight is 592 g/mol. The number of thiocarbonyl (C=S) groups is 1. The molecule has 0 heterocycles. The zero-order chi connectivity index (χ0) is 29.4. The number of benzene rings is 3. The van der Waals surface area contributed by atoms with Crippen molar-refractivity contribution >= 4 is 44.8 Å². The minimum Gasteiger partial charge on any atom is -0.383 e. The smallest absolute Gasteiger partial charge is 0.322 e. The molecule has 10 heteroatoms. The van der Waals surface area contributed by atoms with Gasteiger partial charge in [-0.1, -0.05) is 86.9 Å². The molecule has 8 nitrogen and oxygen atoms in total. The van der Waals surface area contributed by atoms with E-state index in [0.29, 0.717) is 53.1 Å². The SMILES string of the molecule is CCC(=S)N=C(N)c1cccc(CN(CC2CCCCC2)C(=O)Nc2ccc(-c3ccccc3S(N)(=O)=O)cc2)c1. The number of hydrogen-bond donors (Lipinski definition) is 3. The van der Waals surface area contributed by atoms with Gasteiger partial charge in [0.2, 0.25) is 10.0 Å². The lowest BCUT2D eigenvalue weighted by atomic mass is 9.89. The maximum absolute atomic E-state index is 13.6. The van der Waals surface area contributed by atoms with Gasteiger partial charge < -0.3 is 16.0 Å². The number of aliphatic imine (C=N–C) groups is 1. The molecule has 216 valence electrons. The number of rotatable bonds is 9. The molecular weight excluding hydrogens is 555 g/mol. The van der Waals surface area contributed by atoms with Gasteiger partial charge >= 0.3 is 6.03 Å². The number of hydrogen-bond acceptors (Lipinski definition) is 4. The van der Waals surface area contributed by atoms with Crippen molar-refractivity contribution in [3.63, 3.8) is 0 Å². The third kappa shape index (κ3) is 8.45. The van der Waals surface area contributed by atoms with Crippen LogP contribution in [-0.2, 0) is 16.6 Å². The third-order valence-electron chi connectivity index (χ3n) is 7.28. The number of carbonyl (C=O) groups excluding carboxylic acids is 1. The monoisotopic (exact) mass is 591 g/mol. The van der Waals surface area contributed by atoms with Crippen molar-refractivity contribution in [2.24, 2.45) is 21.8 Å². The number of amides is 2. The molecule has 0 bridgehead atoms. The van der Waals surface area contributed by atoms with Crippen LogP contribution in [0.1, 0.15) is 56.6 Å². The first kappa shape index (κ1) is 30.4. The van der Waals surface area contributed by atoms with Gasteiger partial charge in [0.1, 0.15) is 10.8 Å². The van der Waals surface area contributed by atoms with Crippen LogP contribution < -0.4 is 16.2 Å². The Bertz CT molecular complexity index is 1510. The molecule has 0 aliphatic heterocycles. The molecule has 0 spiro atoms. The second-order valence-corrected chi connectivity index (χ2v) is 12.4. The molecular formula is C31H37N5O3S2. The summed E-state index contributed by atoms with van der Waals surface area (Å²) >= 11 is 5.22. The van der Waals surface area contributed by atoms with Crippen molar-refractivity contribution in [1.82, 2.24) is 4.90 Å². The summed E-state index contributed by atoms with van der Waals surface area (Å²) in [6.45, 7) is 3.01. The Hall–Kier alpha value is -3.60. The molecule has 3 aromatic rings. The minimum atomic E-state index is -3.88. The minimum absolute atomic E-state index is 0.0554. The van der Waals surface area contributed by atoms with E-state index < -0.39 is 10.0 Å². The first-order valence-corrected chi connectivity index (χ1v) is 15.8. The van der Waals surface area contributed by atoms with E-state index >= 15 is 0 Å². The zero-order valence-electron chi connectivity index (χ0n) is 23.3. The fourth-order valence-electron chi connectivity index (χ4n) is 5.12. The molecule has 5 N–H and O–H groups in total. The number of nitrogens with zero attached hydrogens (tertiary/aromatic N) is 2. The van der Waals surface area contributed by atoms with Gasteiger partial charge in [0.15, 0.2) is 0 Å². The van der Waals surface area contributed by atoms with E-state index in [1.165, 1.54) is 25.3 Å². The first-order valence-electron chi connectivity index (χ1n) is 13.9. The molecule has 0 unspecified atom stereocenters. The van der Waals surface area contributed by atoms with Crippen LogP contribution in [0.15, 0.2) is 82.7 Å². The summed E-state index contributed by atoms with van der Waals surface area (Å²) in [6, 6.07) is 21.2. The van der Waals surface area contributed by atoms with Gasteiger partial charge in [-0.2, -0.15) is 0 Å². The highest BCUT2D eigenvalue weighted by molar-refractivity contribution is 7.89. The number of carbonyl (C=O) groups is 1. The summed E-state index contributed by atoms with van der Waals surface area (Å²) in [5, 5.41) is 8.43. The van der Waals surface area contributed by atoms with Crippen molar-refractivity contribution in [1.29, 1.82) is 0 Å². The van der Waals surface area contributed by atoms with Gasteiger partial charge in [-0.05, 0) is 60.6 Å². The molecule has 4 rings (SSSR count). The molecule has 41 heavy (non-hydrogen) atoms. The number of anilines is 1. The molecule has 3 aromatic carbocycles. The molecule has 1 fully saturated rings. The molecule has 1 saturated carbocycles. The number of primary sulfonamides is 1. The van der Waals surface area contributed by atoms with Crippen LogP contribution in [0, 0.1) is 5.92 Å². The second-order valence-electron chi connectivity index (χ2n) is 10.4. The van der Waals surface area contributed by atoms with Gasteiger partial charge in [0, 0.05) is 29.9 Å². The van der Waals surface area contributed by atoms with Crippen molar-refractivity contribution < 1.29 is 13.2 Å². The normalized spacial score (nSPS) is 14.4. The van der Waals surface area contributed by atoms with E-state index in [9.17, 15) is 13.2 Å². The van der Waals surface area contributed by atoms with E-state index in [4.69, 9.17) is 23.1 Å². The molecule has 1 aliphatic rings. The average Bonchev–Trinajstić information content (AvgIpc) is 2.97. The number of amidine groups is 1. The standard InChI is InChI=1S/C31H37N5O3S2/c1-2-29(40)35-30(32)25-12-8-11-23(19-25)21-36(20-22-9-4-3-5-10-22)31(37)34-26-17-15-24(16-18-26)27-13-6-7-14-28(27)41(33,38)39/h6-8,11-19,22H,2-5,9-10,20-21H2,1H3,(H,34,37)(H2,32,35,40)(H2,33,38,39). The second kappa shape index (κ2) is 13.8. The van der Waals surface area contributed by atoms with Crippen molar-refractivity contribution in [2.45, 2.75) is 56.9 Å². The topological polar surface area (TPSA) is 131 Å². The lowest BCUT2D eigenvalue weighted by Crippen LogP contribution is -2.38. The highest BCUT2D eigenvalue weighted by Gasteiger charge is 2.22. The van der Waals surface area contributed by atoms with Crippen LogP contribution in [0.4, 0.5) is 10.5 Å². The van der Waals surface area contributed by atoms with Gasteiger partial charge in [-0.25, -0.2) is 23.3 Å². The zero-order valence-corrected chi connectivity index (χ0v) is 24.9. The summed E-state index contributed by atoms with van der Waals surface area (Å²) < 4.78 is 24.1. The molecule has 2 amide bonds. The number of sulfonamides is 1. The lowest BCUT2D eigenvalue weighted by molar-refractivity contribution is 0.187. The van der Waals surface area contributed by atoms with Crippen LogP contribution >= 0.6 is 12.2 Å². The van der Waals surface area contributed by atoms with Crippen LogP contribution in [0.2, 0.25) is 0 Å². The van der Waals surface area contributed by atoms with Crippen molar-refractivity contribution in [2.75, 3.05) is 11.9 Å². The Balaban J connectivity index is 1.53. The summed E-state index contributed by atoms with van der Waals surface area (Å²) in [4.78, 5) is 20.4. The van der Waals surface area contributed by atoms with Crippen LogP contribution in [0.3, 0.4) is 0 Å². The quantitative estimate of drug-likeness (QED) is 0.158. The molecule has 0 saturated heterocycles. The Labute approximate surface area is 247 Å². The fraction of sp³-hybridized carbons (Fsp3) is 0.323. The van der Waals surface area contributed by atoms with Gasteiger partial charge in [-0.15, -0.1) is 0 Å². The van der Waals surface area contributed by atoms with Crippen molar-refractivity contribution in [3.8, 4) is 11.1 Å². The van der Waals surface area contributed by atoms with E-state index in [1.54, 1.807) is 42.5 Å². The van der Waals surface area contributed by atoms with Crippen LogP contribution in [-0.4, -0.2) is 36.7 Å². The highest BCUT2D eigenvalue weighted by atomic mass is 32.2. The predicted molar refractivity (Wildman–Crippen MR) is 169 cm³/mol. The van der Waals surface area contributed by atoms with Gasteiger partial charge in [0.05, 0.1) is 4.90 Å². The third-order valence-corrected chi connectivity index (χ3v) is 8.62. The summed E-state index contributed by atoms with van der Waals surface area (Å²) in [6.07, 6.45) is 6.46. The van der Waals surface area contributed by atoms with Crippen LogP contribution in [0.5, 0.6) is 0 Å². The fourth-order valence-corrected chi connectivity index (χ4v) is 5.98. The van der Waals surface area contributed by atoms with E-state index in [1.807, 2.05) is 36.1 Å². The predicted octanol–water partition coefficient (Wildman–Crippen LogP) is 6.06. The van der Waals surface area contributed by atoms with Crippen molar-refractivity contribution in [3.05, 3.63) is 83.9 Å². The molecule has 0 atom stereocenters. The maximum atomic E-state index is 13.6. The molecule has 0 aromatic heterocycles. The number of nitrogens with two attached hydrogens (primary N) is 2. The Morgan fingerprint density at radius 3 is 2.41 bits per heavy atom. The molecule has 1 aliphatic carbocycles. The van der Waals surface area contributed by atoms with E-state index in [0.717, 1.165) is 24.0 Å². The number of urea groups is 1.